The lowest BCUT2D eigenvalue weighted by molar-refractivity contribution is -0.142. The Labute approximate surface area is 150 Å². The molecule has 0 bridgehead atoms. The van der Waals surface area contributed by atoms with Crippen molar-refractivity contribution < 1.29 is 19.1 Å². The fraction of sp³-hybridized carbons (Fsp3) is 0.714. The highest BCUT2D eigenvalue weighted by Crippen LogP contribution is 2.20. The molecule has 2 unspecified atom stereocenters. The molecule has 130 valence electrons. The lowest BCUT2D eigenvalue weighted by Gasteiger charge is -2.01. The maximum Gasteiger partial charge on any atom is 0.330 e. The van der Waals surface area contributed by atoms with Crippen LogP contribution in [0.4, 0.5) is 0 Å². The highest BCUT2D eigenvalue weighted by atomic mass is 35.5. The van der Waals surface area contributed by atoms with Crippen LogP contribution in [-0.4, -0.2) is 60.4 Å². The van der Waals surface area contributed by atoms with E-state index < -0.39 is 10.9 Å². The third-order valence-electron chi connectivity index (χ3n) is 3.39. The van der Waals surface area contributed by atoms with E-state index in [2.05, 4.69) is 19.5 Å². The molecule has 9 heteroatoms. The molecular weight excluding hydrogens is 367 g/mol. The van der Waals surface area contributed by atoms with E-state index in [1.807, 2.05) is 0 Å². The van der Waals surface area contributed by atoms with Crippen LogP contribution >= 0.6 is 34.8 Å². The van der Waals surface area contributed by atoms with E-state index in [4.69, 9.17) is 34.8 Å². The van der Waals surface area contributed by atoms with Crippen molar-refractivity contribution in [1.29, 1.82) is 0 Å². The number of ether oxygens (including phenoxy) is 2. The number of hydrogen-bond donors (Lipinski definition) is 0. The summed E-state index contributed by atoms with van der Waals surface area (Å²) in [6.45, 7) is 0. The topological polar surface area (TPSA) is 77.3 Å². The number of halogens is 3. The summed E-state index contributed by atoms with van der Waals surface area (Å²) < 4.78 is 9.07. The third-order valence-corrected chi connectivity index (χ3v) is 4.21. The summed E-state index contributed by atoms with van der Waals surface area (Å²) in [5.41, 5.74) is 1.58. The van der Waals surface area contributed by atoms with Crippen LogP contribution in [0.5, 0.6) is 0 Å². The standard InChI is InChI=1S/C7H9Cl2NO2.C7H10ClNO2/c1-12-7(11)5-3-2-4(10-5)6(8)9;1-11-7(10)6-3-2-5(4-8)9-6/h5-6H,2-3H2,1H3;6H,2-4H2,1H3. The molecule has 0 aliphatic carbocycles. The molecular formula is C14H19Cl3N2O4. The Morgan fingerprint density at radius 1 is 1.09 bits per heavy atom. The van der Waals surface area contributed by atoms with Crippen molar-refractivity contribution in [1.82, 2.24) is 0 Å². The highest BCUT2D eigenvalue weighted by molar-refractivity contribution is 6.54. The Morgan fingerprint density at radius 3 is 2.00 bits per heavy atom. The molecule has 0 aromatic heterocycles. The molecule has 0 amide bonds. The van der Waals surface area contributed by atoms with Gasteiger partial charge in [-0.2, -0.15) is 0 Å². The van der Waals surface area contributed by atoms with Gasteiger partial charge in [0.05, 0.1) is 20.1 Å². The summed E-state index contributed by atoms with van der Waals surface area (Å²) in [7, 11) is 2.71. The number of hydrogen-bond acceptors (Lipinski definition) is 6. The van der Waals surface area contributed by atoms with E-state index in [1.54, 1.807) is 0 Å². The number of nitrogens with zero attached hydrogens (tertiary/aromatic N) is 2. The van der Waals surface area contributed by atoms with E-state index >= 15 is 0 Å². The van der Waals surface area contributed by atoms with Crippen molar-refractivity contribution >= 4 is 58.2 Å². The number of methoxy groups -OCH3 is 2. The second-order valence-corrected chi connectivity index (χ2v) is 6.27. The molecule has 2 aliphatic heterocycles. The van der Waals surface area contributed by atoms with Crippen LogP contribution in [0.3, 0.4) is 0 Å². The van der Waals surface area contributed by atoms with Crippen molar-refractivity contribution in [3.05, 3.63) is 0 Å². The molecule has 6 nitrogen and oxygen atoms in total. The molecule has 0 radical (unpaired) electrons. The van der Waals surface area contributed by atoms with Crippen molar-refractivity contribution in [3.8, 4) is 0 Å². The first-order valence-electron chi connectivity index (χ1n) is 7.04. The Hall–Kier alpha value is -0.850. The van der Waals surface area contributed by atoms with Gasteiger partial charge in [-0.05, 0) is 25.7 Å². The molecule has 23 heavy (non-hydrogen) atoms. The van der Waals surface area contributed by atoms with E-state index in [0.29, 0.717) is 24.4 Å². The minimum atomic E-state index is -0.598. The van der Waals surface area contributed by atoms with Crippen LogP contribution in [0.15, 0.2) is 9.98 Å². The fourth-order valence-electron chi connectivity index (χ4n) is 2.15. The minimum Gasteiger partial charge on any atom is -0.467 e. The van der Waals surface area contributed by atoms with Gasteiger partial charge in [0.25, 0.3) is 0 Å². The highest BCUT2D eigenvalue weighted by Gasteiger charge is 2.27. The Morgan fingerprint density at radius 2 is 1.61 bits per heavy atom. The summed E-state index contributed by atoms with van der Waals surface area (Å²) in [5, 5.41) is 0. The summed E-state index contributed by atoms with van der Waals surface area (Å²) in [4.78, 5) is 29.4. The summed E-state index contributed by atoms with van der Waals surface area (Å²) in [6, 6.07) is -0.696. The number of carbonyl (C=O) groups excluding carboxylic acids is 2. The van der Waals surface area contributed by atoms with Crippen molar-refractivity contribution in [2.45, 2.75) is 42.6 Å². The average molecular weight is 386 g/mol. The third kappa shape index (κ3) is 6.28. The zero-order valence-corrected chi connectivity index (χ0v) is 15.2. The molecule has 2 aliphatic rings. The Balaban J connectivity index is 0.000000231. The summed E-state index contributed by atoms with van der Waals surface area (Å²) in [5.74, 6) is -0.155. The van der Waals surface area contributed by atoms with Crippen molar-refractivity contribution in [2.75, 3.05) is 20.1 Å². The Bertz CT molecular complexity index is 494. The van der Waals surface area contributed by atoms with Crippen LogP contribution in [0.25, 0.3) is 0 Å². The van der Waals surface area contributed by atoms with E-state index in [9.17, 15) is 9.59 Å². The van der Waals surface area contributed by atoms with Crippen LogP contribution < -0.4 is 0 Å². The quantitative estimate of drug-likeness (QED) is 0.550. The van der Waals surface area contributed by atoms with Gasteiger partial charge < -0.3 is 9.47 Å². The lowest BCUT2D eigenvalue weighted by atomic mass is 10.2. The average Bonchev–Trinajstić information content (AvgIpc) is 3.22. The van der Waals surface area contributed by atoms with Gasteiger partial charge in [0.1, 0.15) is 16.9 Å². The van der Waals surface area contributed by atoms with Gasteiger partial charge in [0.15, 0.2) is 0 Å². The van der Waals surface area contributed by atoms with E-state index in [-0.39, 0.29) is 18.0 Å². The predicted molar refractivity (Wildman–Crippen MR) is 91.2 cm³/mol. The van der Waals surface area contributed by atoms with Crippen molar-refractivity contribution in [3.63, 3.8) is 0 Å². The van der Waals surface area contributed by atoms with Crippen molar-refractivity contribution in [2.24, 2.45) is 9.98 Å². The number of aliphatic imine (C=N–C) groups is 2. The number of rotatable bonds is 4. The minimum absolute atomic E-state index is 0.259. The van der Waals surface area contributed by atoms with Crippen LogP contribution in [0, 0.1) is 0 Å². The van der Waals surface area contributed by atoms with Gasteiger partial charge in [-0.15, -0.1) is 11.6 Å². The second kappa shape index (κ2) is 10.1. The van der Waals surface area contributed by atoms with Crippen LogP contribution in [0.2, 0.25) is 0 Å². The smallest absolute Gasteiger partial charge is 0.330 e. The first kappa shape index (κ1) is 20.2. The van der Waals surface area contributed by atoms with Gasteiger partial charge in [0, 0.05) is 11.4 Å². The van der Waals surface area contributed by atoms with Crippen LogP contribution in [0.1, 0.15) is 25.7 Å². The fourth-order valence-corrected chi connectivity index (χ4v) is 2.68. The molecule has 0 spiro atoms. The molecule has 0 saturated heterocycles. The predicted octanol–water partition coefficient (Wildman–Crippen LogP) is 2.57. The summed E-state index contributed by atoms with van der Waals surface area (Å²) >= 11 is 16.7. The molecule has 2 heterocycles. The first-order chi connectivity index (χ1) is 10.9. The SMILES string of the molecule is COC(=O)C1CCC(C(Cl)Cl)=N1.COC(=O)C1CCC(CCl)=N1. The maximum atomic E-state index is 11.0. The zero-order chi connectivity index (χ0) is 17.4. The molecule has 2 rings (SSSR count). The molecule has 0 N–H and O–H groups in total. The van der Waals surface area contributed by atoms with Gasteiger partial charge in [-0.25, -0.2) is 9.59 Å². The van der Waals surface area contributed by atoms with Gasteiger partial charge in [0.2, 0.25) is 0 Å². The largest absolute Gasteiger partial charge is 0.467 e. The van der Waals surface area contributed by atoms with E-state index in [0.717, 1.165) is 18.6 Å². The molecule has 0 aromatic carbocycles. The zero-order valence-electron chi connectivity index (χ0n) is 12.9. The molecule has 2 atom stereocenters. The number of carbonyl (C=O) groups is 2. The number of alkyl halides is 3. The molecule has 0 aromatic rings. The molecule has 0 fully saturated rings. The van der Waals surface area contributed by atoms with E-state index in [1.165, 1.54) is 14.2 Å². The monoisotopic (exact) mass is 384 g/mol. The van der Waals surface area contributed by atoms with Gasteiger partial charge in [-0.3, -0.25) is 9.98 Å². The maximum absolute atomic E-state index is 11.0. The number of esters is 2. The summed E-state index contributed by atoms with van der Waals surface area (Å²) in [6.07, 6.45) is 2.90. The second-order valence-electron chi connectivity index (χ2n) is 4.91. The molecule has 0 saturated carbocycles. The van der Waals surface area contributed by atoms with Gasteiger partial charge >= 0.3 is 11.9 Å². The van der Waals surface area contributed by atoms with Gasteiger partial charge in [-0.1, -0.05) is 23.2 Å². The first-order valence-corrected chi connectivity index (χ1v) is 8.45. The van der Waals surface area contributed by atoms with Crippen LogP contribution in [-0.2, 0) is 19.1 Å². The lowest BCUT2D eigenvalue weighted by Crippen LogP contribution is -2.17. The normalized spacial score (nSPS) is 22.9. The Kier molecular flexibility index (Phi) is 8.87.